The molecular weight excluding hydrogens is 436 g/mol. The Kier molecular flexibility index (Phi) is 7.00. The van der Waals surface area contributed by atoms with Gasteiger partial charge in [-0.15, -0.1) is 0 Å². The summed E-state index contributed by atoms with van der Waals surface area (Å²) in [4.78, 5) is 0. The maximum atomic E-state index is 14.5. The van der Waals surface area contributed by atoms with Gasteiger partial charge in [-0.05, 0) is 72.3 Å². The molecule has 4 aromatic rings. The highest BCUT2D eigenvalue weighted by molar-refractivity contribution is 5.84. The number of benzene rings is 4. The van der Waals surface area contributed by atoms with Crippen molar-refractivity contribution < 1.29 is 17.6 Å². The Hall–Kier alpha value is -4.02. The Bertz CT molecular complexity index is 1480. The predicted molar refractivity (Wildman–Crippen MR) is 127 cm³/mol. The van der Waals surface area contributed by atoms with Crippen molar-refractivity contribution in [1.82, 2.24) is 0 Å². The average Bonchev–Trinajstić information content (AvgIpc) is 2.84. The monoisotopic (exact) mass is 456 g/mol. The lowest BCUT2D eigenvalue weighted by molar-refractivity contribution is 0.453. The van der Waals surface area contributed by atoms with E-state index in [4.69, 9.17) is 0 Å². The van der Waals surface area contributed by atoms with Crippen molar-refractivity contribution in [2.75, 3.05) is 0 Å². The number of halogens is 4. The van der Waals surface area contributed by atoms with Crippen LogP contribution in [0.15, 0.2) is 66.7 Å². The van der Waals surface area contributed by atoms with Crippen molar-refractivity contribution in [2.24, 2.45) is 0 Å². The summed E-state index contributed by atoms with van der Waals surface area (Å²) < 4.78 is 55.3. The number of rotatable bonds is 3. The Morgan fingerprint density at radius 3 is 2.00 bits per heavy atom. The molecule has 4 heteroatoms. The van der Waals surface area contributed by atoms with Crippen molar-refractivity contribution in [2.45, 2.75) is 26.2 Å². The smallest absolute Gasteiger partial charge is 0.195 e. The van der Waals surface area contributed by atoms with Gasteiger partial charge in [0.25, 0.3) is 0 Å². The first-order valence-corrected chi connectivity index (χ1v) is 10.9. The van der Waals surface area contributed by atoms with E-state index >= 15 is 0 Å². The number of hydrogen-bond acceptors (Lipinski definition) is 0. The molecule has 0 saturated heterocycles. The van der Waals surface area contributed by atoms with Crippen LogP contribution in [-0.2, 0) is 6.42 Å². The molecular formula is C30H20F4. The third kappa shape index (κ3) is 5.30. The van der Waals surface area contributed by atoms with Gasteiger partial charge in [0.05, 0.1) is 5.56 Å². The summed E-state index contributed by atoms with van der Waals surface area (Å²) in [6.45, 7) is 2.16. The van der Waals surface area contributed by atoms with Crippen LogP contribution in [0, 0.1) is 47.0 Å². The molecule has 0 atom stereocenters. The summed E-state index contributed by atoms with van der Waals surface area (Å²) in [6, 6.07) is 17.7. The quantitative estimate of drug-likeness (QED) is 0.170. The zero-order valence-electron chi connectivity index (χ0n) is 18.5. The predicted octanol–water partition coefficient (Wildman–Crippen LogP) is 7.54. The highest BCUT2D eigenvalue weighted by atomic mass is 19.2. The fourth-order valence-corrected chi connectivity index (χ4v) is 3.50. The third-order valence-corrected chi connectivity index (χ3v) is 5.41. The SMILES string of the molecule is CCCCc1ccc(C#Cc2ccc(C#Cc3ccc4c(F)c(F)c(F)cc4c3)c(F)c2)cc1. The Balaban J connectivity index is 1.52. The minimum Gasteiger partial charge on any atom is -0.206 e. The fourth-order valence-electron chi connectivity index (χ4n) is 3.50. The van der Waals surface area contributed by atoms with Gasteiger partial charge in [-0.2, -0.15) is 0 Å². The molecule has 0 nitrogen and oxygen atoms in total. The van der Waals surface area contributed by atoms with Crippen LogP contribution < -0.4 is 0 Å². The van der Waals surface area contributed by atoms with Gasteiger partial charge in [-0.25, -0.2) is 17.6 Å². The number of hydrogen-bond donors (Lipinski definition) is 0. The van der Waals surface area contributed by atoms with Gasteiger partial charge in [0.1, 0.15) is 5.82 Å². The molecule has 4 aromatic carbocycles. The Morgan fingerprint density at radius 1 is 0.618 bits per heavy atom. The van der Waals surface area contributed by atoms with Gasteiger partial charge >= 0.3 is 0 Å². The van der Waals surface area contributed by atoms with Crippen LogP contribution in [0.3, 0.4) is 0 Å². The van der Waals surface area contributed by atoms with Crippen molar-refractivity contribution in [3.63, 3.8) is 0 Å². The molecule has 4 rings (SSSR count). The number of aryl methyl sites for hydroxylation is 1. The van der Waals surface area contributed by atoms with E-state index < -0.39 is 23.3 Å². The molecule has 0 fully saturated rings. The molecule has 0 bridgehead atoms. The highest BCUT2D eigenvalue weighted by Crippen LogP contribution is 2.24. The molecule has 0 heterocycles. The molecule has 0 aliphatic rings. The molecule has 0 aromatic heterocycles. The maximum Gasteiger partial charge on any atom is 0.195 e. The summed E-state index contributed by atoms with van der Waals surface area (Å²) in [5, 5.41) is 0.127. The van der Waals surface area contributed by atoms with E-state index in [0.717, 1.165) is 30.9 Å². The first-order chi connectivity index (χ1) is 16.4. The summed E-state index contributed by atoms with van der Waals surface area (Å²) in [6.07, 6.45) is 3.35. The van der Waals surface area contributed by atoms with Crippen LogP contribution in [0.2, 0.25) is 0 Å². The Morgan fingerprint density at radius 2 is 1.26 bits per heavy atom. The van der Waals surface area contributed by atoms with Gasteiger partial charge < -0.3 is 0 Å². The van der Waals surface area contributed by atoms with Gasteiger partial charge in [-0.3, -0.25) is 0 Å². The fraction of sp³-hybridized carbons (Fsp3) is 0.133. The molecule has 0 unspecified atom stereocenters. The zero-order chi connectivity index (χ0) is 24.1. The van der Waals surface area contributed by atoms with Crippen LogP contribution in [0.4, 0.5) is 17.6 Å². The van der Waals surface area contributed by atoms with Gasteiger partial charge in [0.2, 0.25) is 0 Å². The van der Waals surface area contributed by atoms with Gasteiger partial charge in [0.15, 0.2) is 17.5 Å². The van der Waals surface area contributed by atoms with E-state index in [-0.39, 0.29) is 16.3 Å². The second-order valence-corrected chi connectivity index (χ2v) is 7.92. The summed E-state index contributed by atoms with van der Waals surface area (Å²) in [5.41, 5.74) is 3.24. The van der Waals surface area contributed by atoms with Crippen LogP contribution in [0.25, 0.3) is 10.8 Å². The molecule has 0 aliphatic carbocycles. The van der Waals surface area contributed by atoms with Crippen molar-refractivity contribution in [1.29, 1.82) is 0 Å². The van der Waals surface area contributed by atoms with E-state index in [1.807, 2.05) is 12.1 Å². The maximum absolute atomic E-state index is 14.5. The Labute approximate surface area is 196 Å². The van der Waals surface area contributed by atoms with Crippen molar-refractivity contribution in [3.05, 3.63) is 118 Å². The normalized spacial score (nSPS) is 10.4. The second kappa shape index (κ2) is 10.3. The van der Waals surface area contributed by atoms with Gasteiger partial charge in [-0.1, -0.05) is 55.2 Å². The van der Waals surface area contributed by atoms with Gasteiger partial charge in [0, 0.05) is 22.1 Å². The largest absolute Gasteiger partial charge is 0.206 e. The summed E-state index contributed by atoms with van der Waals surface area (Å²) >= 11 is 0. The van der Waals surface area contributed by atoms with E-state index in [2.05, 4.69) is 42.7 Å². The van der Waals surface area contributed by atoms with E-state index in [1.165, 1.54) is 35.9 Å². The van der Waals surface area contributed by atoms with Crippen molar-refractivity contribution in [3.8, 4) is 23.7 Å². The molecule has 0 N–H and O–H groups in total. The van der Waals surface area contributed by atoms with Crippen LogP contribution in [0.5, 0.6) is 0 Å². The minimum absolute atomic E-state index is 0.0471. The van der Waals surface area contributed by atoms with Crippen LogP contribution in [0.1, 0.15) is 47.6 Å². The van der Waals surface area contributed by atoms with Crippen molar-refractivity contribution >= 4 is 10.8 Å². The molecule has 0 amide bonds. The zero-order valence-corrected chi connectivity index (χ0v) is 18.5. The molecule has 0 saturated carbocycles. The standard InChI is InChI=1S/C30H20F4/c1-2-3-4-20-5-7-21(8-6-20)9-10-23-12-15-24(27(31)18-23)14-11-22-13-16-26-25(17-22)19-28(32)30(34)29(26)33/h5-8,12-13,15-19H,2-4H2,1H3. The van der Waals surface area contributed by atoms with Crippen LogP contribution in [-0.4, -0.2) is 0 Å². The second-order valence-electron chi connectivity index (χ2n) is 7.92. The van der Waals surface area contributed by atoms with E-state index in [1.54, 1.807) is 6.07 Å². The summed E-state index contributed by atoms with van der Waals surface area (Å²) in [7, 11) is 0. The van der Waals surface area contributed by atoms with E-state index in [9.17, 15) is 17.6 Å². The first-order valence-electron chi connectivity index (χ1n) is 10.9. The third-order valence-electron chi connectivity index (χ3n) is 5.41. The molecule has 0 spiro atoms. The molecule has 0 aliphatic heterocycles. The lowest BCUT2D eigenvalue weighted by Gasteiger charge is -2.02. The molecule has 0 radical (unpaired) electrons. The highest BCUT2D eigenvalue weighted by Gasteiger charge is 2.13. The number of unbranched alkanes of at least 4 members (excludes halogenated alkanes) is 1. The van der Waals surface area contributed by atoms with Crippen LogP contribution >= 0.6 is 0 Å². The topological polar surface area (TPSA) is 0 Å². The minimum atomic E-state index is -1.51. The number of fused-ring (bicyclic) bond motifs is 1. The lowest BCUT2D eigenvalue weighted by atomic mass is 10.1. The first kappa shape index (κ1) is 23.1. The summed E-state index contributed by atoms with van der Waals surface area (Å²) in [5.74, 6) is 6.95. The molecule has 34 heavy (non-hydrogen) atoms. The molecule has 168 valence electrons. The van der Waals surface area contributed by atoms with E-state index in [0.29, 0.717) is 11.1 Å². The lowest BCUT2D eigenvalue weighted by Crippen LogP contribution is -1.92. The average molecular weight is 456 g/mol.